The number of carbonyl (C=O) groups is 2. The van der Waals surface area contributed by atoms with Crippen LogP contribution in [0, 0.1) is 5.82 Å². The summed E-state index contributed by atoms with van der Waals surface area (Å²) in [6, 6.07) is 5.74. The van der Waals surface area contributed by atoms with E-state index in [4.69, 9.17) is 9.47 Å². The van der Waals surface area contributed by atoms with Crippen molar-refractivity contribution in [1.29, 1.82) is 0 Å². The van der Waals surface area contributed by atoms with E-state index >= 15 is 0 Å². The lowest BCUT2D eigenvalue weighted by molar-refractivity contribution is -0.136. The number of esters is 1. The Bertz CT molecular complexity index is 745. The molecule has 0 spiro atoms. The normalized spacial score (nSPS) is 22.2. The van der Waals surface area contributed by atoms with E-state index in [0.717, 1.165) is 12.8 Å². The highest BCUT2D eigenvalue weighted by Crippen LogP contribution is 2.32. The van der Waals surface area contributed by atoms with Crippen molar-refractivity contribution in [2.24, 2.45) is 0 Å². The number of halogens is 1. The fraction of sp³-hybridized carbons (Fsp3) is 0.368. The van der Waals surface area contributed by atoms with Crippen molar-refractivity contribution in [1.82, 2.24) is 4.90 Å². The quantitative estimate of drug-likeness (QED) is 0.622. The fourth-order valence-corrected chi connectivity index (χ4v) is 3.17. The minimum Gasteiger partial charge on any atom is -0.465 e. The Morgan fingerprint density at radius 2 is 2.12 bits per heavy atom. The number of allylic oxidation sites excluding steroid dienone is 1. The number of benzene rings is 1. The first-order valence-electron chi connectivity index (χ1n) is 8.21. The van der Waals surface area contributed by atoms with Crippen LogP contribution in [0.2, 0.25) is 0 Å². The van der Waals surface area contributed by atoms with Gasteiger partial charge in [-0.25, -0.2) is 9.18 Å². The molecule has 1 aromatic carbocycles. The largest absolute Gasteiger partial charge is 0.465 e. The molecule has 25 heavy (non-hydrogen) atoms. The Morgan fingerprint density at radius 3 is 2.72 bits per heavy atom. The summed E-state index contributed by atoms with van der Waals surface area (Å²) in [7, 11) is 1.28. The number of amides is 1. The maximum absolute atomic E-state index is 13.1. The summed E-state index contributed by atoms with van der Waals surface area (Å²) in [4.78, 5) is 26.7. The Balaban J connectivity index is 1.96. The molecule has 1 saturated heterocycles. The van der Waals surface area contributed by atoms with Gasteiger partial charge in [-0.05, 0) is 43.5 Å². The minimum atomic E-state index is -0.561. The third-order valence-electron chi connectivity index (χ3n) is 4.49. The zero-order valence-corrected chi connectivity index (χ0v) is 14.3. The molecular weight excluding hydrogens is 325 g/mol. The van der Waals surface area contributed by atoms with Gasteiger partial charge in [0.15, 0.2) is 0 Å². The molecule has 2 heterocycles. The van der Waals surface area contributed by atoms with E-state index in [1.165, 1.54) is 19.2 Å². The molecule has 1 fully saturated rings. The van der Waals surface area contributed by atoms with Gasteiger partial charge < -0.3 is 14.4 Å². The first kappa shape index (κ1) is 17.4. The molecule has 6 heteroatoms. The fourth-order valence-electron chi connectivity index (χ4n) is 3.17. The van der Waals surface area contributed by atoms with Crippen LogP contribution >= 0.6 is 0 Å². The highest BCUT2D eigenvalue weighted by molar-refractivity contribution is 6.16. The molecule has 5 nitrogen and oxygen atoms in total. The van der Waals surface area contributed by atoms with Gasteiger partial charge in [0.05, 0.1) is 30.9 Å². The van der Waals surface area contributed by atoms with Crippen LogP contribution in [0.1, 0.15) is 25.3 Å². The molecule has 1 atom stereocenters. The highest BCUT2D eigenvalue weighted by atomic mass is 19.1. The predicted molar refractivity (Wildman–Crippen MR) is 89.8 cm³/mol. The number of hydrogen-bond acceptors (Lipinski definition) is 4. The van der Waals surface area contributed by atoms with Gasteiger partial charge in [0.2, 0.25) is 0 Å². The third-order valence-corrected chi connectivity index (χ3v) is 4.49. The van der Waals surface area contributed by atoms with Crippen LogP contribution in [0.15, 0.2) is 41.1 Å². The van der Waals surface area contributed by atoms with E-state index in [1.807, 2.05) is 0 Å². The van der Waals surface area contributed by atoms with E-state index < -0.39 is 5.97 Å². The van der Waals surface area contributed by atoms with Crippen molar-refractivity contribution in [2.45, 2.75) is 25.9 Å². The second-order valence-electron chi connectivity index (χ2n) is 6.11. The van der Waals surface area contributed by atoms with Gasteiger partial charge in [0.1, 0.15) is 5.82 Å². The molecule has 0 unspecified atom stereocenters. The third kappa shape index (κ3) is 3.49. The average Bonchev–Trinajstić information content (AvgIpc) is 3.19. The van der Waals surface area contributed by atoms with Crippen molar-refractivity contribution in [2.75, 3.05) is 20.3 Å². The van der Waals surface area contributed by atoms with E-state index in [0.29, 0.717) is 24.4 Å². The molecule has 0 aromatic heterocycles. The summed E-state index contributed by atoms with van der Waals surface area (Å²) in [6.07, 6.45) is 3.43. The van der Waals surface area contributed by atoms with Crippen LogP contribution in [-0.4, -0.2) is 43.1 Å². The van der Waals surface area contributed by atoms with Crippen LogP contribution in [0.5, 0.6) is 0 Å². The smallest absolute Gasteiger partial charge is 0.340 e. The molecule has 3 rings (SSSR count). The molecule has 0 aliphatic carbocycles. The number of nitrogens with zero attached hydrogens (tertiary/aromatic N) is 1. The number of methoxy groups -OCH3 is 1. The van der Waals surface area contributed by atoms with Crippen molar-refractivity contribution in [3.63, 3.8) is 0 Å². The Morgan fingerprint density at radius 1 is 1.40 bits per heavy atom. The number of carbonyl (C=O) groups excluding carboxylic acids is 2. The number of rotatable bonds is 4. The Hall–Kier alpha value is -2.47. The highest BCUT2D eigenvalue weighted by Gasteiger charge is 2.38. The minimum absolute atomic E-state index is 0.0250. The summed E-state index contributed by atoms with van der Waals surface area (Å²) in [5.74, 6) is -1.19. The summed E-state index contributed by atoms with van der Waals surface area (Å²) < 4.78 is 23.6. The van der Waals surface area contributed by atoms with Crippen LogP contribution in [0.25, 0.3) is 6.08 Å². The van der Waals surface area contributed by atoms with Gasteiger partial charge in [-0.1, -0.05) is 12.1 Å². The Kier molecular flexibility index (Phi) is 4.99. The second-order valence-corrected chi connectivity index (χ2v) is 6.11. The predicted octanol–water partition coefficient (Wildman–Crippen LogP) is 2.68. The van der Waals surface area contributed by atoms with E-state index in [1.54, 1.807) is 30.0 Å². The van der Waals surface area contributed by atoms with E-state index in [2.05, 4.69) is 0 Å². The molecule has 132 valence electrons. The lowest BCUT2D eigenvalue weighted by Crippen LogP contribution is -2.33. The monoisotopic (exact) mass is 345 g/mol. The van der Waals surface area contributed by atoms with Crippen molar-refractivity contribution in [3.8, 4) is 0 Å². The molecule has 1 aromatic rings. The first-order valence-corrected chi connectivity index (χ1v) is 8.21. The van der Waals surface area contributed by atoms with Crippen LogP contribution < -0.4 is 0 Å². The SMILES string of the molecule is COC(=O)C1=C(C)N(C[C@@H]2CCCO2)C(=O)/C1=C\c1ccc(F)cc1. The summed E-state index contributed by atoms with van der Waals surface area (Å²) in [5, 5.41) is 0. The van der Waals surface area contributed by atoms with Gasteiger partial charge in [-0.3, -0.25) is 4.79 Å². The Labute approximate surface area is 145 Å². The second kappa shape index (κ2) is 7.19. The summed E-state index contributed by atoms with van der Waals surface area (Å²) >= 11 is 0. The van der Waals surface area contributed by atoms with Crippen molar-refractivity contribution in [3.05, 3.63) is 52.5 Å². The first-order chi connectivity index (χ1) is 12.0. The van der Waals surface area contributed by atoms with Crippen LogP contribution in [0.4, 0.5) is 4.39 Å². The molecule has 0 saturated carbocycles. The van der Waals surface area contributed by atoms with E-state index in [-0.39, 0.29) is 29.0 Å². The zero-order chi connectivity index (χ0) is 18.0. The van der Waals surface area contributed by atoms with Gasteiger partial charge >= 0.3 is 5.97 Å². The average molecular weight is 345 g/mol. The van der Waals surface area contributed by atoms with Crippen molar-refractivity contribution < 1.29 is 23.5 Å². The summed E-state index contributed by atoms with van der Waals surface area (Å²) in [5.41, 5.74) is 1.70. The lowest BCUT2D eigenvalue weighted by atomic mass is 10.0. The van der Waals surface area contributed by atoms with Gasteiger partial charge in [0, 0.05) is 12.3 Å². The molecule has 2 aliphatic rings. The molecule has 0 radical (unpaired) electrons. The van der Waals surface area contributed by atoms with Crippen molar-refractivity contribution >= 4 is 18.0 Å². The molecule has 1 amide bonds. The molecule has 2 aliphatic heterocycles. The maximum Gasteiger partial charge on any atom is 0.340 e. The molecule has 0 bridgehead atoms. The van der Waals surface area contributed by atoms with Gasteiger partial charge in [-0.15, -0.1) is 0 Å². The van der Waals surface area contributed by atoms with Crippen LogP contribution in [-0.2, 0) is 19.1 Å². The topological polar surface area (TPSA) is 55.8 Å². The van der Waals surface area contributed by atoms with Gasteiger partial charge in [0.25, 0.3) is 5.91 Å². The molecular formula is C19H20FNO4. The molecule has 0 N–H and O–H groups in total. The summed E-state index contributed by atoms with van der Waals surface area (Å²) in [6.45, 7) is 2.83. The van der Waals surface area contributed by atoms with E-state index in [9.17, 15) is 14.0 Å². The number of ether oxygens (including phenoxy) is 2. The van der Waals surface area contributed by atoms with Crippen LogP contribution in [0.3, 0.4) is 0 Å². The van der Waals surface area contributed by atoms with Gasteiger partial charge in [-0.2, -0.15) is 0 Å². The number of hydrogen-bond donors (Lipinski definition) is 0. The zero-order valence-electron chi connectivity index (χ0n) is 14.3. The maximum atomic E-state index is 13.1. The standard InChI is InChI=1S/C19H20FNO4/c1-12-17(19(23)24-2)16(10-13-5-7-14(20)8-6-13)18(22)21(12)11-15-4-3-9-25-15/h5-8,10,15H,3-4,9,11H2,1-2H3/b16-10-/t15-/m0/s1. The lowest BCUT2D eigenvalue weighted by Gasteiger charge is -2.21.